The number of halogens is 1. The average molecular weight is 284 g/mol. The summed E-state index contributed by atoms with van der Waals surface area (Å²) in [5.74, 6) is -3.46. The smallest absolute Gasteiger partial charge is 0.338 e. The van der Waals surface area contributed by atoms with E-state index in [1.165, 1.54) is 0 Å². The van der Waals surface area contributed by atoms with Crippen LogP contribution in [0.25, 0.3) is 0 Å². The van der Waals surface area contributed by atoms with Gasteiger partial charge in [-0.2, -0.15) is 5.26 Å². The molecule has 0 aliphatic heterocycles. The van der Waals surface area contributed by atoms with Crippen molar-refractivity contribution in [3.8, 4) is 6.07 Å². The van der Waals surface area contributed by atoms with Gasteiger partial charge in [-0.15, -0.1) is 0 Å². The number of nitrogens with one attached hydrogen (secondary N) is 1. The van der Waals surface area contributed by atoms with Gasteiger partial charge in [0, 0.05) is 4.90 Å². The van der Waals surface area contributed by atoms with Gasteiger partial charge < -0.3 is 10.4 Å². The summed E-state index contributed by atoms with van der Waals surface area (Å²) in [7, 11) is -1.80. The van der Waals surface area contributed by atoms with E-state index in [0.29, 0.717) is 0 Å². The molecule has 0 heterocycles. The number of hydrogen-bond donors (Lipinski definition) is 2. The van der Waals surface area contributed by atoms with E-state index in [1.54, 1.807) is 6.07 Å². The highest BCUT2D eigenvalue weighted by molar-refractivity contribution is 7.85. The Morgan fingerprint density at radius 3 is 2.74 bits per heavy atom. The van der Waals surface area contributed by atoms with Crippen LogP contribution in [0.15, 0.2) is 23.1 Å². The molecule has 0 aromatic heterocycles. The van der Waals surface area contributed by atoms with Crippen LogP contribution < -0.4 is 5.32 Å². The molecule has 0 aliphatic rings. The van der Waals surface area contributed by atoms with Crippen LogP contribution in [0.3, 0.4) is 0 Å². The molecule has 1 unspecified atom stereocenters. The number of benzene rings is 1. The van der Waals surface area contributed by atoms with E-state index in [2.05, 4.69) is 5.32 Å². The Bertz CT molecular complexity index is 583. The Balaban J connectivity index is 2.84. The van der Waals surface area contributed by atoms with Gasteiger partial charge in [-0.25, -0.2) is 9.18 Å². The normalized spacial score (nSPS) is 11.4. The number of carboxylic acid groups (broad SMARTS) is 1. The third-order valence-electron chi connectivity index (χ3n) is 2.06. The molecule has 1 rings (SSSR count). The molecule has 100 valence electrons. The Kier molecular flexibility index (Phi) is 5.14. The molecule has 1 aromatic rings. The molecule has 0 spiro atoms. The Hall–Kier alpha value is -2.27. The Morgan fingerprint density at radius 2 is 2.16 bits per heavy atom. The highest BCUT2D eigenvalue weighted by Gasteiger charge is 2.15. The lowest BCUT2D eigenvalue weighted by Gasteiger charge is -2.04. The molecule has 0 saturated heterocycles. The van der Waals surface area contributed by atoms with Crippen molar-refractivity contribution >= 4 is 22.7 Å². The van der Waals surface area contributed by atoms with Crippen molar-refractivity contribution in [3.63, 3.8) is 0 Å². The first kappa shape index (κ1) is 14.8. The first-order valence-electron chi connectivity index (χ1n) is 5.00. The second-order valence-electron chi connectivity index (χ2n) is 3.37. The highest BCUT2D eigenvalue weighted by atomic mass is 32.2. The van der Waals surface area contributed by atoms with E-state index >= 15 is 0 Å². The molecular formula is C11H9FN2O4S. The van der Waals surface area contributed by atoms with E-state index < -0.39 is 39.8 Å². The van der Waals surface area contributed by atoms with E-state index in [0.717, 1.165) is 18.2 Å². The maximum atomic E-state index is 13.1. The summed E-state index contributed by atoms with van der Waals surface area (Å²) in [6.07, 6.45) is 0. The second kappa shape index (κ2) is 6.61. The van der Waals surface area contributed by atoms with Gasteiger partial charge in [0.05, 0.1) is 22.4 Å². The average Bonchev–Trinajstić information content (AvgIpc) is 2.36. The molecule has 0 bridgehead atoms. The van der Waals surface area contributed by atoms with Crippen LogP contribution in [0.1, 0.15) is 10.4 Å². The van der Waals surface area contributed by atoms with Crippen LogP contribution >= 0.6 is 0 Å². The zero-order chi connectivity index (χ0) is 14.4. The highest BCUT2D eigenvalue weighted by Crippen LogP contribution is 2.14. The number of aromatic carboxylic acids is 1. The standard InChI is InChI=1S/C11H9FN2O4S/c12-9-2-1-7(5-8(9)11(16)17)19(18)6-10(15)14-4-3-13/h1-2,5H,4,6H2,(H,14,15)(H,16,17). The summed E-state index contributed by atoms with van der Waals surface area (Å²) < 4.78 is 24.9. The van der Waals surface area contributed by atoms with Crippen LogP contribution in [-0.2, 0) is 15.6 Å². The Morgan fingerprint density at radius 1 is 1.47 bits per heavy atom. The molecule has 0 radical (unpaired) electrons. The predicted octanol–water partition coefficient (Wildman–Crippen LogP) is 0.271. The van der Waals surface area contributed by atoms with E-state index in [1.807, 2.05) is 0 Å². The SMILES string of the molecule is N#CCNC(=O)CS(=O)c1ccc(F)c(C(=O)O)c1. The van der Waals surface area contributed by atoms with Gasteiger partial charge in [0.25, 0.3) is 0 Å². The minimum absolute atomic E-state index is 0.0332. The molecule has 0 aliphatic carbocycles. The summed E-state index contributed by atoms with van der Waals surface area (Å²) in [5, 5.41) is 19.2. The molecule has 2 N–H and O–H groups in total. The van der Waals surface area contributed by atoms with Crippen molar-refractivity contribution in [2.24, 2.45) is 0 Å². The molecule has 8 heteroatoms. The van der Waals surface area contributed by atoms with Crippen molar-refractivity contribution in [3.05, 3.63) is 29.6 Å². The second-order valence-corrected chi connectivity index (χ2v) is 4.82. The minimum atomic E-state index is -1.80. The van der Waals surface area contributed by atoms with Crippen LogP contribution in [-0.4, -0.2) is 33.5 Å². The molecular weight excluding hydrogens is 275 g/mol. The van der Waals surface area contributed by atoms with Gasteiger partial charge in [-0.3, -0.25) is 9.00 Å². The number of carbonyl (C=O) groups excluding carboxylic acids is 1. The minimum Gasteiger partial charge on any atom is -0.478 e. The van der Waals surface area contributed by atoms with Gasteiger partial charge >= 0.3 is 5.97 Å². The van der Waals surface area contributed by atoms with Crippen molar-refractivity contribution < 1.29 is 23.3 Å². The summed E-state index contributed by atoms with van der Waals surface area (Å²) in [6, 6.07) is 4.63. The fourth-order valence-electron chi connectivity index (χ4n) is 1.20. The number of hydrogen-bond acceptors (Lipinski definition) is 4. The van der Waals surface area contributed by atoms with E-state index in [9.17, 15) is 18.2 Å². The predicted molar refractivity (Wildman–Crippen MR) is 63.3 cm³/mol. The molecule has 0 saturated carbocycles. The number of carbonyl (C=O) groups is 2. The maximum Gasteiger partial charge on any atom is 0.338 e. The van der Waals surface area contributed by atoms with Crippen molar-refractivity contribution in [1.29, 1.82) is 5.26 Å². The number of nitriles is 1. The third kappa shape index (κ3) is 4.15. The topological polar surface area (TPSA) is 107 Å². The number of amides is 1. The number of nitrogens with zero attached hydrogens (tertiary/aromatic N) is 1. The summed E-state index contributed by atoms with van der Waals surface area (Å²) >= 11 is 0. The third-order valence-corrected chi connectivity index (χ3v) is 3.36. The fraction of sp³-hybridized carbons (Fsp3) is 0.182. The molecule has 0 fully saturated rings. The lowest BCUT2D eigenvalue weighted by molar-refractivity contribution is -0.118. The van der Waals surface area contributed by atoms with Crippen molar-refractivity contribution in [2.45, 2.75) is 4.90 Å². The quantitative estimate of drug-likeness (QED) is 0.755. The molecule has 1 atom stereocenters. The monoisotopic (exact) mass is 284 g/mol. The maximum absolute atomic E-state index is 13.1. The van der Waals surface area contributed by atoms with Crippen molar-refractivity contribution in [2.75, 3.05) is 12.3 Å². The van der Waals surface area contributed by atoms with Gasteiger partial charge in [0.15, 0.2) is 0 Å². The molecule has 19 heavy (non-hydrogen) atoms. The fourth-order valence-corrected chi connectivity index (χ4v) is 2.18. The molecule has 1 amide bonds. The number of rotatable bonds is 5. The summed E-state index contributed by atoms with van der Waals surface area (Å²) in [4.78, 5) is 22.0. The zero-order valence-electron chi connectivity index (χ0n) is 9.55. The molecule has 6 nitrogen and oxygen atoms in total. The van der Waals surface area contributed by atoms with Gasteiger partial charge in [-0.1, -0.05) is 0 Å². The van der Waals surface area contributed by atoms with E-state index in [4.69, 9.17) is 10.4 Å². The lowest BCUT2D eigenvalue weighted by atomic mass is 10.2. The van der Waals surface area contributed by atoms with Crippen LogP contribution in [0.5, 0.6) is 0 Å². The first-order chi connectivity index (χ1) is 8.95. The van der Waals surface area contributed by atoms with Gasteiger partial charge in [-0.05, 0) is 18.2 Å². The van der Waals surface area contributed by atoms with Crippen LogP contribution in [0, 0.1) is 17.1 Å². The molecule has 1 aromatic carbocycles. The largest absolute Gasteiger partial charge is 0.478 e. The first-order valence-corrected chi connectivity index (χ1v) is 6.32. The Labute approximate surface area is 110 Å². The summed E-state index contributed by atoms with van der Waals surface area (Å²) in [5.41, 5.74) is -0.608. The van der Waals surface area contributed by atoms with Crippen molar-refractivity contribution in [1.82, 2.24) is 5.32 Å². The summed E-state index contributed by atoms with van der Waals surface area (Å²) in [6.45, 7) is -0.209. The van der Waals surface area contributed by atoms with Gasteiger partial charge in [0.1, 0.15) is 18.1 Å². The number of carboxylic acids is 1. The van der Waals surface area contributed by atoms with Crippen LogP contribution in [0.4, 0.5) is 4.39 Å². The lowest BCUT2D eigenvalue weighted by Crippen LogP contribution is -2.28. The van der Waals surface area contributed by atoms with Gasteiger partial charge in [0.2, 0.25) is 5.91 Å². The van der Waals surface area contributed by atoms with E-state index in [-0.39, 0.29) is 11.4 Å². The van der Waals surface area contributed by atoms with Crippen LogP contribution in [0.2, 0.25) is 0 Å². The zero-order valence-corrected chi connectivity index (χ0v) is 10.4.